The predicted octanol–water partition coefficient (Wildman–Crippen LogP) is 3.49. The van der Waals surface area contributed by atoms with Crippen molar-refractivity contribution in [3.05, 3.63) is 41.5 Å². The molecule has 194 valence electrons. The standard InChI is InChI=1S/C26H37NO6S2/c1-18(15-23(29)35-14-4-13-34)26(2,33-16-19-5-7-21(31-3)8-6-19)25(30)32-17-20-9-11-27-12-10-22(28)24(20)27/h5-9,18,22,24,28,34H,4,10-17H2,1-3H3/t18-,22-,24-,26+/m1/s1. The van der Waals surface area contributed by atoms with Gasteiger partial charge in [0.15, 0.2) is 10.7 Å². The minimum absolute atomic E-state index is 0.0228. The molecule has 0 saturated carbocycles. The van der Waals surface area contributed by atoms with Crippen molar-refractivity contribution < 1.29 is 28.9 Å². The minimum Gasteiger partial charge on any atom is -0.497 e. The van der Waals surface area contributed by atoms with E-state index in [0.717, 1.165) is 48.6 Å². The van der Waals surface area contributed by atoms with Crippen LogP contribution in [0.15, 0.2) is 35.9 Å². The molecular formula is C26H37NO6S2. The number of hydrogen-bond donors (Lipinski definition) is 2. The lowest BCUT2D eigenvalue weighted by molar-refractivity contribution is -0.179. The number of nitrogens with zero attached hydrogens (tertiary/aromatic N) is 1. The second-order valence-corrected chi connectivity index (χ2v) is 10.9. The highest BCUT2D eigenvalue weighted by Gasteiger charge is 2.44. The summed E-state index contributed by atoms with van der Waals surface area (Å²) in [6.07, 6.45) is 3.36. The van der Waals surface area contributed by atoms with Gasteiger partial charge < -0.3 is 19.3 Å². The Kier molecular flexibility index (Phi) is 10.5. The van der Waals surface area contributed by atoms with Gasteiger partial charge in [0.1, 0.15) is 12.4 Å². The number of hydrogen-bond acceptors (Lipinski definition) is 9. The molecule has 4 atom stereocenters. The largest absolute Gasteiger partial charge is 0.497 e. The average molecular weight is 524 g/mol. The Morgan fingerprint density at radius 1 is 1.29 bits per heavy atom. The summed E-state index contributed by atoms with van der Waals surface area (Å²) in [5.74, 6) is 1.28. The monoisotopic (exact) mass is 523 g/mol. The van der Waals surface area contributed by atoms with Gasteiger partial charge in [-0.2, -0.15) is 12.6 Å². The van der Waals surface area contributed by atoms with Crippen LogP contribution in [0.2, 0.25) is 0 Å². The Bertz CT molecular complexity index is 892. The minimum atomic E-state index is -1.31. The molecule has 1 fully saturated rings. The summed E-state index contributed by atoms with van der Waals surface area (Å²) >= 11 is 5.46. The zero-order chi connectivity index (χ0) is 25.4. The first kappa shape index (κ1) is 28.1. The number of thiol groups is 1. The third kappa shape index (κ3) is 7.26. The Morgan fingerprint density at radius 2 is 2.03 bits per heavy atom. The number of benzene rings is 1. The molecule has 0 spiro atoms. The SMILES string of the molecule is COc1ccc(CO[C@](C)(C(=O)OCC2=CCN3CC[C@@H](O)[C@@H]23)[C@H](C)CC(=O)SCCCS)cc1. The van der Waals surface area contributed by atoms with Gasteiger partial charge in [-0.25, -0.2) is 4.79 Å². The summed E-state index contributed by atoms with van der Waals surface area (Å²) in [5, 5.41) is 10.3. The van der Waals surface area contributed by atoms with Crippen molar-refractivity contribution in [1.82, 2.24) is 4.90 Å². The molecular weight excluding hydrogens is 486 g/mol. The number of carbonyl (C=O) groups excluding carboxylic acids is 2. The molecule has 2 heterocycles. The number of thioether (sulfide) groups is 1. The van der Waals surface area contributed by atoms with E-state index in [1.54, 1.807) is 14.0 Å². The number of esters is 1. The maximum atomic E-state index is 13.4. The Hall–Kier alpha value is -1.52. The maximum absolute atomic E-state index is 13.4. The molecule has 1 N–H and O–H groups in total. The summed E-state index contributed by atoms with van der Waals surface area (Å²) < 4.78 is 17.2. The number of aliphatic hydroxyl groups is 1. The van der Waals surface area contributed by atoms with Crippen molar-refractivity contribution >= 4 is 35.5 Å². The fourth-order valence-electron chi connectivity index (χ4n) is 4.43. The molecule has 1 aromatic carbocycles. The van der Waals surface area contributed by atoms with Crippen LogP contribution in [0.25, 0.3) is 0 Å². The summed E-state index contributed by atoms with van der Waals surface area (Å²) in [7, 11) is 1.61. The maximum Gasteiger partial charge on any atom is 0.338 e. The van der Waals surface area contributed by atoms with Crippen LogP contribution in [0, 0.1) is 5.92 Å². The molecule has 9 heteroatoms. The molecule has 1 saturated heterocycles. The Balaban J connectivity index is 1.67. The van der Waals surface area contributed by atoms with E-state index in [4.69, 9.17) is 14.2 Å². The van der Waals surface area contributed by atoms with Gasteiger partial charge in [0.05, 0.1) is 25.9 Å². The fraction of sp³-hybridized carbons (Fsp3) is 0.615. The molecule has 3 rings (SSSR count). The number of rotatable bonds is 13. The summed E-state index contributed by atoms with van der Waals surface area (Å²) in [5.41, 5.74) is 0.494. The second-order valence-electron chi connectivity index (χ2n) is 9.30. The van der Waals surface area contributed by atoms with E-state index < -0.39 is 23.6 Å². The highest BCUT2D eigenvalue weighted by molar-refractivity contribution is 8.13. The fourth-order valence-corrected chi connectivity index (χ4v) is 5.68. The molecule has 1 aromatic rings. The van der Waals surface area contributed by atoms with Crippen LogP contribution in [0.3, 0.4) is 0 Å². The highest BCUT2D eigenvalue weighted by Crippen LogP contribution is 2.32. The number of ether oxygens (including phenoxy) is 3. The van der Waals surface area contributed by atoms with Gasteiger partial charge in [-0.15, -0.1) is 0 Å². The van der Waals surface area contributed by atoms with E-state index in [9.17, 15) is 14.7 Å². The van der Waals surface area contributed by atoms with E-state index in [1.807, 2.05) is 37.3 Å². The average Bonchev–Trinajstić information content (AvgIpc) is 3.44. The van der Waals surface area contributed by atoms with E-state index >= 15 is 0 Å². The van der Waals surface area contributed by atoms with E-state index in [0.29, 0.717) is 5.75 Å². The van der Waals surface area contributed by atoms with Crippen LogP contribution in [0.5, 0.6) is 5.75 Å². The van der Waals surface area contributed by atoms with Crippen molar-refractivity contribution in [2.45, 2.75) is 57.5 Å². The lowest BCUT2D eigenvalue weighted by Gasteiger charge is -2.33. The molecule has 0 aromatic heterocycles. The molecule has 35 heavy (non-hydrogen) atoms. The topological polar surface area (TPSA) is 85.3 Å². The normalized spacial score (nSPS) is 22.3. The number of carbonyl (C=O) groups is 2. The van der Waals surface area contributed by atoms with Crippen molar-refractivity contribution in [3.63, 3.8) is 0 Å². The third-order valence-electron chi connectivity index (χ3n) is 6.89. The molecule has 0 radical (unpaired) electrons. The van der Waals surface area contributed by atoms with E-state index in [1.165, 1.54) is 11.8 Å². The predicted molar refractivity (Wildman–Crippen MR) is 141 cm³/mol. The van der Waals surface area contributed by atoms with Crippen molar-refractivity contribution in [1.29, 1.82) is 0 Å². The lowest BCUT2D eigenvalue weighted by atomic mass is 9.88. The quantitative estimate of drug-likeness (QED) is 0.176. The summed E-state index contributed by atoms with van der Waals surface area (Å²) in [4.78, 5) is 28.1. The van der Waals surface area contributed by atoms with Crippen molar-refractivity contribution in [3.8, 4) is 5.75 Å². The van der Waals surface area contributed by atoms with Crippen LogP contribution >= 0.6 is 24.4 Å². The first-order valence-corrected chi connectivity index (χ1v) is 13.7. The zero-order valence-corrected chi connectivity index (χ0v) is 22.5. The number of aliphatic hydroxyl groups excluding tert-OH is 1. The lowest BCUT2D eigenvalue weighted by Crippen LogP contribution is -2.47. The van der Waals surface area contributed by atoms with Crippen LogP contribution < -0.4 is 4.74 Å². The van der Waals surface area contributed by atoms with Gasteiger partial charge in [0.2, 0.25) is 0 Å². The van der Waals surface area contributed by atoms with E-state index in [-0.39, 0.29) is 30.8 Å². The zero-order valence-electron chi connectivity index (χ0n) is 20.8. The van der Waals surface area contributed by atoms with Gasteiger partial charge in [-0.3, -0.25) is 9.69 Å². The second kappa shape index (κ2) is 13.1. The Morgan fingerprint density at radius 3 is 2.71 bits per heavy atom. The van der Waals surface area contributed by atoms with Crippen LogP contribution in [-0.4, -0.2) is 77.1 Å². The number of methoxy groups -OCH3 is 1. The van der Waals surface area contributed by atoms with Crippen molar-refractivity contribution in [2.75, 3.05) is 38.3 Å². The van der Waals surface area contributed by atoms with Gasteiger partial charge in [-0.05, 0) is 48.8 Å². The molecule has 0 bridgehead atoms. The molecule has 2 aliphatic rings. The summed E-state index contributed by atoms with van der Waals surface area (Å²) in [6, 6.07) is 7.35. The van der Waals surface area contributed by atoms with Crippen LogP contribution in [0.1, 0.15) is 38.7 Å². The van der Waals surface area contributed by atoms with Gasteiger partial charge >= 0.3 is 5.97 Å². The molecule has 7 nitrogen and oxygen atoms in total. The van der Waals surface area contributed by atoms with Crippen LogP contribution in [-0.2, 0) is 25.7 Å². The molecule has 0 aliphatic carbocycles. The van der Waals surface area contributed by atoms with E-state index in [2.05, 4.69) is 17.5 Å². The Labute approximate surface area is 218 Å². The first-order valence-electron chi connectivity index (χ1n) is 12.1. The van der Waals surface area contributed by atoms with Gasteiger partial charge in [0.25, 0.3) is 0 Å². The summed E-state index contributed by atoms with van der Waals surface area (Å²) in [6.45, 7) is 5.45. The highest BCUT2D eigenvalue weighted by atomic mass is 32.2. The molecule has 2 aliphatic heterocycles. The smallest absolute Gasteiger partial charge is 0.338 e. The van der Waals surface area contributed by atoms with Gasteiger partial charge in [-0.1, -0.05) is 36.9 Å². The molecule has 0 amide bonds. The van der Waals surface area contributed by atoms with Gasteiger partial charge in [0, 0.05) is 31.2 Å². The molecule has 0 unspecified atom stereocenters. The first-order chi connectivity index (χ1) is 16.8. The van der Waals surface area contributed by atoms with Crippen molar-refractivity contribution in [2.24, 2.45) is 5.92 Å². The van der Waals surface area contributed by atoms with Crippen LogP contribution in [0.4, 0.5) is 0 Å². The third-order valence-corrected chi connectivity index (χ3v) is 8.19. The number of fused-ring (bicyclic) bond motifs is 1.